The van der Waals surface area contributed by atoms with Gasteiger partial charge in [-0.3, -0.25) is 4.79 Å². The SMILES string of the molecule is CC(=O)OC(C)(C)C1CC2CCC1C2. The van der Waals surface area contributed by atoms with Gasteiger partial charge in [-0.25, -0.2) is 0 Å². The molecule has 2 fully saturated rings. The Bertz CT molecular complexity index is 245. The quantitative estimate of drug-likeness (QED) is 0.635. The molecule has 2 heteroatoms. The minimum atomic E-state index is -0.244. The summed E-state index contributed by atoms with van der Waals surface area (Å²) < 4.78 is 5.44. The van der Waals surface area contributed by atoms with E-state index in [4.69, 9.17) is 4.74 Å². The van der Waals surface area contributed by atoms with E-state index in [1.54, 1.807) is 0 Å². The van der Waals surface area contributed by atoms with Gasteiger partial charge < -0.3 is 4.74 Å². The van der Waals surface area contributed by atoms with Gasteiger partial charge in [0.05, 0.1) is 0 Å². The number of carbonyl (C=O) groups is 1. The summed E-state index contributed by atoms with van der Waals surface area (Å²) in [4.78, 5) is 11.0. The molecule has 3 unspecified atom stereocenters. The monoisotopic (exact) mass is 196 g/mol. The van der Waals surface area contributed by atoms with E-state index in [0.717, 1.165) is 11.8 Å². The summed E-state index contributed by atoms with van der Waals surface area (Å²) in [5, 5.41) is 0. The molecule has 0 aliphatic heterocycles. The van der Waals surface area contributed by atoms with Crippen molar-refractivity contribution in [3.63, 3.8) is 0 Å². The molecule has 0 radical (unpaired) electrons. The predicted octanol–water partition coefficient (Wildman–Crippen LogP) is 2.76. The molecule has 2 nitrogen and oxygen atoms in total. The van der Waals surface area contributed by atoms with Crippen LogP contribution in [0.15, 0.2) is 0 Å². The van der Waals surface area contributed by atoms with E-state index in [0.29, 0.717) is 5.92 Å². The van der Waals surface area contributed by atoms with E-state index in [9.17, 15) is 4.79 Å². The maximum atomic E-state index is 11.0. The second-order valence-corrected chi connectivity index (χ2v) is 5.48. The highest BCUT2D eigenvalue weighted by molar-refractivity contribution is 5.66. The number of rotatable bonds is 2. The first-order chi connectivity index (χ1) is 6.49. The average molecular weight is 196 g/mol. The fourth-order valence-corrected chi connectivity index (χ4v) is 3.54. The Kier molecular flexibility index (Phi) is 2.32. The maximum absolute atomic E-state index is 11.0. The van der Waals surface area contributed by atoms with Crippen LogP contribution in [0.2, 0.25) is 0 Å². The average Bonchev–Trinajstić information content (AvgIpc) is 2.60. The van der Waals surface area contributed by atoms with Crippen LogP contribution < -0.4 is 0 Å². The molecule has 14 heavy (non-hydrogen) atoms. The van der Waals surface area contributed by atoms with Crippen molar-refractivity contribution in [1.29, 1.82) is 0 Å². The third-order valence-corrected chi connectivity index (χ3v) is 4.04. The van der Waals surface area contributed by atoms with Crippen molar-refractivity contribution in [3.05, 3.63) is 0 Å². The van der Waals surface area contributed by atoms with E-state index in [1.807, 2.05) is 0 Å². The molecular weight excluding hydrogens is 176 g/mol. The van der Waals surface area contributed by atoms with Crippen LogP contribution in [0.5, 0.6) is 0 Å². The number of fused-ring (bicyclic) bond motifs is 2. The molecule has 0 amide bonds. The number of esters is 1. The van der Waals surface area contributed by atoms with Crippen molar-refractivity contribution in [3.8, 4) is 0 Å². The normalized spacial score (nSPS) is 36.1. The first-order valence-electron chi connectivity index (χ1n) is 5.68. The summed E-state index contributed by atoms with van der Waals surface area (Å²) in [7, 11) is 0. The molecule has 0 aromatic carbocycles. The van der Waals surface area contributed by atoms with E-state index < -0.39 is 0 Å². The zero-order valence-corrected chi connectivity index (χ0v) is 9.38. The van der Waals surface area contributed by atoms with Gasteiger partial charge in [-0.1, -0.05) is 6.42 Å². The number of ether oxygens (including phenoxy) is 1. The van der Waals surface area contributed by atoms with Gasteiger partial charge >= 0.3 is 5.97 Å². The third-order valence-electron chi connectivity index (χ3n) is 4.04. The van der Waals surface area contributed by atoms with E-state index >= 15 is 0 Å². The Morgan fingerprint density at radius 2 is 2.00 bits per heavy atom. The first kappa shape index (κ1) is 10.0. The smallest absolute Gasteiger partial charge is 0.303 e. The van der Waals surface area contributed by atoms with Gasteiger partial charge in [-0.2, -0.15) is 0 Å². The van der Waals surface area contributed by atoms with Gasteiger partial charge in [0.15, 0.2) is 0 Å². The molecule has 0 spiro atoms. The lowest BCUT2D eigenvalue weighted by Crippen LogP contribution is -2.39. The van der Waals surface area contributed by atoms with Crippen molar-refractivity contribution >= 4 is 5.97 Å². The molecule has 0 aromatic heterocycles. The molecule has 0 N–H and O–H groups in total. The van der Waals surface area contributed by atoms with Crippen LogP contribution in [0.4, 0.5) is 0 Å². The van der Waals surface area contributed by atoms with E-state index in [-0.39, 0.29) is 11.6 Å². The molecule has 0 heterocycles. The molecule has 2 aliphatic carbocycles. The summed E-state index contributed by atoms with van der Waals surface area (Å²) in [6.45, 7) is 5.65. The van der Waals surface area contributed by atoms with Crippen molar-refractivity contribution < 1.29 is 9.53 Å². The molecule has 0 aromatic rings. The van der Waals surface area contributed by atoms with Gasteiger partial charge in [-0.05, 0) is 44.9 Å². The Morgan fingerprint density at radius 3 is 2.43 bits per heavy atom. The minimum absolute atomic E-state index is 0.141. The zero-order chi connectivity index (χ0) is 10.3. The van der Waals surface area contributed by atoms with Crippen molar-refractivity contribution in [2.24, 2.45) is 17.8 Å². The summed E-state index contributed by atoms with van der Waals surface area (Å²) in [5.74, 6) is 2.19. The summed E-state index contributed by atoms with van der Waals surface area (Å²) >= 11 is 0. The van der Waals surface area contributed by atoms with Gasteiger partial charge in [0.1, 0.15) is 5.60 Å². The van der Waals surface area contributed by atoms with E-state index in [2.05, 4.69) is 13.8 Å². The van der Waals surface area contributed by atoms with Crippen LogP contribution >= 0.6 is 0 Å². The van der Waals surface area contributed by atoms with Crippen LogP contribution in [0.1, 0.15) is 46.5 Å². The second-order valence-electron chi connectivity index (χ2n) is 5.48. The molecule has 2 bridgehead atoms. The lowest BCUT2D eigenvalue weighted by Gasteiger charge is -2.36. The Hall–Kier alpha value is -0.530. The molecule has 0 saturated heterocycles. The Morgan fingerprint density at radius 1 is 1.29 bits per heavy atom. The largest absolute Gasteiger partial charge is 0.460 e. The van der Waals surface area contributed by atoms with Gasteiger partial charge in [-0.15, -0.1) is 0 Å². The van der Waals surface area contributed by atoms with Gasteiger partial charge in [0.2, 0.25) is 0 Å². The number of hydrogen-bond donors (Lipinski definition) is 0. The van der Waals surface area contributed by atoms with Crippen molar-refractivity contribution in [2.45, 2.75) is 52.1 Å². The van der Waals surface area contributed by atoms with Crippen LogP contribution in [0, 0.1) is 17.8 Å². The predicted molar refractivity (Wildman–Crippen MR) is 54.8 cm³/mol. The Balaban J connectivity index is 2.03. The number of carbonyl (C=O) groups excluding carboxylic acids is 1. The summed E-state index contributed by atoms with van der Waals surface area (Å²) in [6, 6.07) is 0. The molecule has 3 atom stereocenters. The molecular formula is C12H20O2. The zero-order valence-electron chi connectivity index (χ0n) is 9.38. The fraction of sp³-hybridized carbons (Fsp3) is 0.917. The topological polar surface area (TPSA) is 26.3 Å². The third kappa shape index (κ3) is 1.67. The van der Waals surface area contributed by atoms with Crippen LogP contribution in [0.25, 0.3) is 0 Å². The Labute approximate surface area is 86.0 Å². The lowest BCUT2D eigenvalue weighted by molar-refractivity contribution is -0.161. The van der Waals surface area contributed by atoms with Gasteiger partial charge in [0, 0.05) is 12.8 Å². The lowest BCUT2D eigenvalue weighted by atomic mass is 9.78. The maximum Gasteiger partial charge on any atom is 0.303 e. The molecule has 2 saturated carbocycles. The molecule has 80 valence electrons. The molecule has 2 aliphatic rings. The van der Waals surface area contributed by atoms with Gasteiger partial charge in [0.25, 0.3) is 0 Å². The van der Waals surface area contributed by atoms with Crippen LogP contribution in [0.3, 0.4) is 0 Å². The minimum Gasteiger partial charge on any atom is -0.460 e. The van der Waals surface area contributed by atoms with Crippen molar-refractivity contribution in [2.75, 3.05) is 0 Å². The van der Waals surface area contributed by atoms with Crippen LogP contribution in [-0.2, 0) is 9.53 Å². The fourth-order valence-electron chi connectivity index (χ4n) is 3.54. The molecule has 2 rings (SSSR count). The standard InChI is InChI=1S/C12H20O2/c1-8(13)14-12(2,3)11-7-9-4-5-10(11)6-9/h9-11H,4-7H2,1-3H3. The van der Waals surface area contributed by atoms with E-state index in [1.165, 1.54) is 32.6 Å². The first-order valence-corrected chi connectivity index (χ1v) is 5.68. The van der Waals surface area contributed by atoms with Crippen LogP contribution in [-0.4, -0.2) is 11.6 Å². The highest BCUT2D eigenvalue weighted by Crippen LogP contribution is 2.52. The number of hydrogen-bond acceptors (Lipinski definition) is 2. The summed E-state index contributed by atoms with van der Waals surface area (Å²) in [6.07, 6.45) is 5.39. The second kappa shape index (κ2) is 3.25. The summed E-state index contributed by atoms with van der Waals surface area (Å²) in [5.41, 5.74) is -0.244. The highest BCUT2D eigenvalue weighted by atomic mass is 16.6. The van der Waals surface area contributed by atoms with Crippen molar-refractivity contribution in [1.82, 2.24) is 0 Å². The highest BCUT2D eigenvalue weighted by Gasteiger charge is 2.47.